The van der Waals surface area contributed by atoms with Crippen molar-refractivity contribution < 1.29 is 22.7 Å². The number of primary amides is 1. The summed E-state index contributed by atoms with van der Waals surface area (Å²) in [5.74, 6) is -0.296. The Morgan fingerprint density at radius 2 is 1.80 bits per heavy atom. The summed E-state index contributed by atoms with van der Waals surface area (Å²) in [4.78, 5) is 15.4. The molecule has 1 atom stereocenters. The molecule has 30 heavy (non-hydrogen) atoms. The lowest BCUT2D eigenvalue weighted by Gasteiger charge is -2.15. The minimum absolute atomic E-state index is 0.0404. The van der Waals surface area contributed by atoms with Crippen LogP contribution in [-0.4, -0.2) is 10.9 Å². The summed E-state index contributed by atoms with van der Waals surface area (Å²) in [6.45, 7) is 0. The van der Waals surface area contributed by atoms with Crippen molar-refractivity contribution in [1.82, 2.24) is 4.98 Å². The molecule has 0 aliphatic rings. The molecule has 1 amide bonds. The highest BCUT2D eigenvalue weighted by Crippen LogP contribution is 2.36. The number of nitriles is 1. The average Bonchev–Trinajstić information content (AvgIpc) is 2.73. The van der Waals surface area contributed by atoms with Gasteiger partial charge in [-0.2, -0.15) is 18.4 Å². The van der Waals surface area contributed by atoms with Crippen LogP contribution in [0.1, 0.15) is 27.7 Å². The first-order chi connectivity index (χ1) is 14.2. The van der Waals surface area contributed by atoms with Crippen LogP contribution in [0.15, 0.2) is 60.7 Å². The van der Waals surface area contributed by atoms with E-state index in [1.54, 1.807) is 42.5 Å². The third-order valence-electron chi connectivity index (χ3n) is 4.19. The minimum Gasteiger partial charge on any atom is -0.457 e. The largest absolute Gasteiger partial charge is 0.457 e. The van der Waals surface area contributed by atoms with Crippen LogP contribution in [0.3, 0.4) is 0 Å². The number of rotatable bonds is 5. The molecular formula is C21H15F3N4O2. The van der Waals surface area contributed by atoms with Crippen molar-refractivity contribution in [3.8, 4) is 28.8 Å². The molecule has 0 spiro atoms. The topological polar surface area (TPSA) is 115 Å². The standard InChI is InChI=1S/C21H15F3N4O2/c22-21(23,24)13-6-9-19(15(10-13)16(26)11-25)30-14-7-4-12(5-8-14)17-2-1-3-18(28-17)20(27)29/h1-10,16H,26H2,(H2,27,29). The zero-order valence-electron chi connectivity index (χ0n) is 15.4. The quantitative estimate of drug-likeness (QED) is 0.652. The highest BCUT2D eigenvalue weighted by atomic mass is 19.4. The fourth-order valence-corrected chi connectivity index (χ4v) is 2.68. The molecule has 3 aromatic rings. The van der Waals surface area contributed by atoms with Crippen molar-refractivity contribution in [3.63, 3.8) is 0 Å². The molecule has 1 aromatic heterocycles. The van der Waals surface area contributed by atoms with Crippen molar-refractivity contribution in [1.29, 1.82) is 5.26 Å². The number of nitrogens with zero attached hydrogens (tertiary/aromatic N) is 2. The van der Waals surface area contributed by atoms with Crippen molar-refractivity contribution in [3.05, 3.63) is 77.5 Å². The van der Waals surface area contributed by atoms with Crippen LogP contribution in [0.25, 0.3) is 11.3 Å². The van der Waals surface area contributed by atoms with E-state index in [9.17, 15) is 18.0 Å². The Hall–Kier alpha value is -3.90. The predicted molar refractivity (Wildman–Crippen MR) is 102 cm³/mol. The average molecular weight is 412 g/mol. The summed E-state index contributed by atoms with van der Waals surface area (Å²) in [6, 6.07) is 14.5. The second kappa shape index (κ2) is 8.23. The van der Waals surface area contributed by atoms with Gasteiger partial charge in [0.15, 0.2) is 0 Å². The van der Waals surface area contributed by atoms with Gasteiger partial charge in [-0.05, 0) is 54.6 Å². The molecule has 0 aliphatic heterocycles. The molecule has 9 heteroatoms. The number of hydrogen-bond acceptors (Lipinski definition) is 5. The Bertz CT molecular complexity index is 1120. The second-order valence-electron chi connectivity index (χ2n) is 6.26. The zero-order chi connectivity index (χ0) is 21.9. The summed E-state index contributed by atoms with van der Waals surface area (Å²) < 4.78 is 44.6. The van der Waals surface area contributed by atoms with Crippen LogP contribution in [0.4, 0.5) is 13.2 Å². The van der Waals surface area contributed by atoms with Gasteiger partial charge in [0.1, 0.15) is 23.2 Å². The van der Waals surface area contributed by atoms with E-state index in [1.165, 1.54) is 6.07 Å². The third kappa shape index (κ3) is 4.56. The van der Waals surface area contributed by atoms with E-state index in [0.29, 0.717) is 17.0 Å². The number of benzene rings is 2. The number of amides is 1. The summed E-state index contributed by atoms with van der Waals surface area (Å²) in [6.07, 6.45) is -4.57. The van der Waals surface area contributed by atoms with E-state index in [0.717, 1.165) is 18.2 Å². The molecule has 0 saturated carbocycles. The van der Waals surface area contributed by atoms with Crippen molar-refractivity contribution in [2.45, 2.75) is 12.2 Å². The van der Waals surface area contributed by atoms with E-state index in [4.69, 9.17) is 21.5 Å². The number of carbonyl (C=O) groups excluding carboxylic acids is 1. The van der Waals surface area contributed by atoms with E-state index in [-0.39, 0.29) is 17.0 Å². The molecule has 1 unspecified atom stereocenters. The number of pyridine rings is 1. The number of nitrogens with two attached hydrogens (primary N) is 2. The Labute approximate surface area is 169 Å². The second-order valence-corrected chi connectivity index (χ2v) is 6.26. The van der Waals surface area contributed by atoms with Crippen LogP contribution in [0.5, 0.6) is 11.5 Å². The van der Waals surface area contributed by atoms with E-state index >= 15 is 0 Å². The monoisotopic (exact) mass is 412 g/mol. The molecule has 0 bridgehead atoms. The SMILES string of the molecule is N#CC(N)c1cc(C(F)(F)F)ccc1Oc1ccc(-c2cccc(C(N)=O)n2)cc1. The molecule has 4 N–H and O–H groups in total. The fourth-order valence-electron chi connectivity index (χ4n) is 2.68. The maximum atomic E-state index is 13.0. The fraction of sp³-hybridized carbons (Fsp3) is 0.0952. The molecule has 152 valence electrons. The third-order valence-corrected chi connectivity index (χ3v) is 4.19. The van der Waals surface area contributed by atoms with E-state index in [1.807, 2.05) is 0 Å². The van der Waals surface area contributed by atoms with Gasteiger partial charge in [-0.1, -0.05) is 6.07 Å². The number of alkyl halides is 3. The first-order valence-electron chi connectivity index (χ1n) is 8.60. The number of hydrogen-bond donors (Lipinski definition) is 2. The first kappa shape index (κ1) is 20.8. The number of ether oxygens (including phenoxy) is 1. The van der Waals surface area contributed by atoms with Gasteiger partial charge in [0.2, 0.25) is 0 Å². The lowest BCUT2D eigenvalue weighted by molar-refractivity contribution is -0.137. The summed E-state index contributed by atoms with van der Waals surface area (Å²) in [5, 5.41) is 9.04. The van der Waals surface area contributed by atoms with Gasteiger partial charge in [-0.25, -0.2) is 4.98 Å². The molecule has 0 fully saturated rings. The molecule has 0 saturated heterocycles. The van der Waals surface area contributed by atoms with Gasteiger partial charge in [0.05, 0.1) is 17.3 Å². The minimum atomic E-state index is -4.57. The van der Waals surface area contributed by atoms with Gasteiger partial charge in [0.25, 0.3) is 5.91 Å². The molecule has 3 rings (SSSR count). The Balaban J connectivity index is 1.89. The van der Waals surface area contributed by atoms with Crippen LogP contribution in [0.2, 0.25) is 0 Å². The zero-order valence-corrected chi connectivity index (χ0v) is 15.4. The van der Waals surface area contributed by atoms with Crippen LogP contribution in [0, 0.1) is 11.3 Å². The highest BCUT2D eigenvalue weighted by molar-refractivity contribution is 5.91. The summed E-state index contributed by atoms with van der Waals surface area (Å²) in [7, 11) is 0. The van der Waals surface area contributed by atoms with Gasteiger partial charge in [-0.3, -0.25) is 4.79 Å². The Morgan fingerprint density at radius 3 is 2.40 bits per heavy atom. The Morgan fingerprint density at radius 1 is 1.10 bits per heavy atom. The highest BCUT2D eigenvalue weighted by Gasteiger charge is 2.32. The van der Waals surface area contributed by atoms with Gasteiger partial charge < -0.3 is 16.2 Å². The lowest BCUT2D eigenvalue weighted by Crippen LogP contribution is -2.13. The molecule has 6 nitrogen and oxygen atoms in total. The number of carbonyl (C=O) groups is 1. The van der Waals surface area contributed by atoms with Crippen molar-refractivity contribution in [2.24, 2.45) is 11.5 Å². The molecule has 0 radical (unpaired) electrons. The van der Waals surface area contributed by atoms with Crippen molar-refractivity contribution >= 4 is 5.91 Å². The summed E-state index contributed by atoms with van der Waals surface area (Å²) >= 11 is 0. The Kier molecular flexibility index (Phi) is 5.71. The number of halogens is 3. The molecular weight excluding hydrogens is 397 g/mol. The van der Waals surface area contributed by atoms with Gasteiger partial charge in [-0.15, -0.1) is 0 Å². The van der Waals surface area contributed by atoms with Crippen LogP contribution >= 0.6 is 0 Å². The van der Waals surface area contributed by atoms with Crippen LogP contribution in [-0.2, 0) is 6.18 Å². The van der Waals surface area contributed by atoms with Gasteiger partial charge in [0, 0.05) is 11.1 Å². The van der Waals surface area contributed by atoms with E-state index < -0.39 is 23.7 Å². The smallest absolute Gasteiger partial charge is 0.416 e. The van der Waals surface area contributed by atoms with Crippen LogP contribution < -0.4 is 16.2 Å². The molecule has 0 aliphatic carbocycles. The normalized spacial score (nSPS) is 12.1. The molecule has 2 aromatic carbocycles. The van der Waals surface area contributed by atoms with Crippen molar-refractivity contribution in [2.75, 3.05) is 0 Å². The van der Waals surface area contributed by atoms with Gasteiger partial charge >= 0.3 is 6.18 Å². The maximum Gasteiger partial charge on any atom is 0.416 e. The predicted octanol–water partition coefficient (Wildman–Crippen LogP) is 4.18. The maximum absolute atomic E-state index is 13.0. The molecule has 1 heterocycles. The summed E-state index contributed by atoms with van der Waals surface area (Å²) in [5.41, 5.74) is 11.2. The number of aromatic nitrogens is 1. The first-order valence-corrected chi connectivity index (χ1v) is 8.60. The lowest BCUT2D eigenvalue weighted by atomic mass is 10.0. The van der Waals surface area contributed by atoms with E-state index in [2.05, 4.69) is 4.98 Å².